The number of ether oxygens (including phenoxy) is 4. The Morgan fingerprint density at radius 2 is 1.47 bits per heavy atom. The number of likely N-dealkylation sites (tertiary alicyclic amines) is 2. The lowest BCUT2D eigenvalue weighted by atomic mass is 9.71. The highest BCUT2D eigenvalue weighted by molar-refractivity contribution is 5.96. The summed E-state index contributed by atoms with van der Waals surface area (Å²) in [6.07, 6.45) is 1.95. The van der Waals surface area contributed by atoms with Crippen molar-refractivity contribution in [2.75, 3.05) is 73.7 Å². The summed E-state index contributed by atoms with van der Waals surface area (Å²) in [5.41, 5.74) is 4.73. The summed E-state index contributed by atoms with van der Waals surface area (Å²) in [4.78, 5) is 44.0. The van der Waals surface area contributed by atoms with Gasteiger partial charge in [0.05, 0.1) is 39.9 Å². The number of morpholine rings is 1. The van der Waals surface area contributed by atoms with E-state index in [2.05, 4.69) is 34.6 Å². The van der Waals surface area contributed by atoms with E-state index < -0.39 is 17.5 Å². The Hall–Kier alpha value is -4.65. The third kappa shape index (κ3) is 7.53. The SMILES string of the molecule is COc1cc(C(=O)N2CCC(CCN3CCC(C(=O)NN4CCOC(C(=O)O)C4)(c4ccccc4)CC3)(c3ccccc3)C2)cc(OC)c1OC. The maximum absolute atomic E-state index is 14.1. The van der Waals surface area contributed by atoms with Crippen molar-refractivity contribution >= 4 is 17.8 Å². The third-order valence-corrected chi connectivity index (χ3v) is 10.9. The standard InChI is InChI=1S/C39H48N4O8/c1-48-31-24-28(25-32(49-2)34(31)50-3)35(44)42-21-15-38(27-42,29-10-6-4-7-11-29)14-18-41-19-16-39(17-20-41,30-12-8-5-9-13-30)37(47)40-43-22-23-51-33(26-43)36(45)46/h4-13,24-25,33H,14-23,26-27H2,1-3H3,(H,40,47)(H,45,46). The van der Waals surface area contributed by atoms with Crippen molar-refractivity contribution in [1.29, 1.82) is 0 Å². The van der Waals surface area contributed by atoms with Crippen molar-refractivity contribution in [2.24, 2.45) is 0 Å². The molecular formula is C39H48N4O8. The van der Waals surface area contributed by atoms with Gasteiger partial charge in [-0.1, -0.05) is 60.7 Å². The van der Waals surface area contributed by atoms with Gasteiger partial charge in [-0.05, 0) is 68.6 Å². The average molecular weight is 701 g/mol. The fourth-order valence-corrected chi connectivity index (χ4v) is 7.89. The second kappa shape index (κ2) is 15.7. The molecule has 3 heterocycles. The maximum atomic E-state index is 14.1. The van der Waals surface area contributed by atoms with Gasteiger partial charge in [-0.15, -0.1) is 0 Å². The summed E-state index contributed by atoms with van der Waals surface area (Å²) in [7, 11) is 4.62. The molecule has 2 unspecified atom stereocenters. The number of nitrogens with one attached hydrogen (secondary N) is 1. The molecule has 6 rings (SSSR count). The van der Waals surface area contributed by atoms with E-state index in [-0.39, 0.29) is 30.4 Å². The van der Waals surface area contributed by atoms with Gasteiger partial charge >= 0.3 is 5.97 Å². The predicted octanol–water partition coefficient (Wildman–Crippen LogP) is 3.74. The van der Waals surface area contributed by atoms with Crippen LogP contribution in [0.25, 0.3) is 0 Å². The second-order valence-electron chi connectivity index (χ2n) is 13.7. The summed E-state index contributed by atoms with van der Waals surface area (Å²) >= 11 is 0. The molecule has 51 heavy (non-hydrogen) atoms. The Bertz CT molecular complexity index is 1660. The van der Waals surface area contributed by atoms with E-state index in [1.807, 2.05) is 41.3 Å². The first kappa shape index (κ1) is 36.2. The predicted molar refractivity (Wildman–Crippen MR) is 190 cm³/mol. The number of hydrazine groups is 1. The minimum Gasteiger partial charge on any atom is -0.493 e. The first-order valence-corrected chi connectivity index (χ1v) is 17.5. The van der Waals surface area contributed by atoms with Gasteiger partial charge in [0, 0.05) is 30.6 Å². The Kier molecular flexibility index (Phi) is 11.1. The summed E-state index contributed by atoms with van der Waals surface area (Å²) in [6.45, 7) is 4.21. The second-order valence-corrected chi connectivity index (χ2v) is 13.7. The molecule has 3 saturated heterocycles. The van der Waals surface area contributed by atoms with Crippen LogP contribution in [0.4, 0.5) is 0 Å². The normalized spacial score (nSPS) is 22.3. The highest BCUT2D eigenvalue weighted by atomic mass is 16.5. The number of benzene rings is 3. The molecule has 2 atom stereocenters. The number of methoxy groups -OCH3 is 3. The van der Waals surface area contributed by atoms with Crippen LogP contribution in [0.1, 0.15) is 47.2 Å². The third-order valence-electron chi connectivity index (χ3n) is 10.9. The van der Waals surface area contributed by atoms with E-state index in [1.165, 1.54) is 5.56 Å². The van der Waals surface area contributed by atoms with E-state index in [0.29, 0.717) is 55.3 Å². The van der Waals surface area contributed by atoms with Crippen LogP contribution in [0, 0.1) is 0 Å². The van der Waals surface area contributed by atoms with Crippen LogP contribution in [0.15, 0.2) is 72.8 Å². The quantitative estimate of drug-likeness (QED) is 0.288. The molecule has 2 N–H and O–H groups in total. The van der Waals surface area contributed by atoms with E-state index >= 15 is 0 Å². The number of carboxylic acid groups (broad SMARTS) is 1. The molecule has 3 aliphatic heterocycles. The first-order chi connectivity index (χ1) is 24.7. The number of carbonyl (C=O) groups is 3. The number of amides is 2. The van der Waals surface area contributed by atoms with Gasteiger partial charge in [-0.3, -0.25) is 15.0 Å². The van der Waals surface area contributed by atoms with Crippen LogP contribution < -0.4 is 19.6 Å². The highest BCUT2D eigenvalue weighted by Crippen LogP contribution is 2.42. The molecule has 0 spiro atoms. The summed E-state index contributed by atoms with van der Waals surface area (Å²) in [5, 5.41) is 11.1. The van der Waals surface area contributed by atoms with Crippen molar-refractivity contribution < 1.29 is 38.4 Å². The fraction of sp³-hybridized carbons (Fsp3) is 0.462. The average Bonchev–Trinajstić information content (AvgIpc) is 3.62. The zero-order valence-corrected chi connectivity index (χ0v) is 29.6. The molecule has 2 amide bonds. The van der Waals surface area contributed by atoms with E-state index in [0.717, 1.165) is 38.0 Å². The molecule has 3 aliphatic rings. The van der Waals surface area contributed by atoms with Crippen LogP contribution in [-0.2, 0) is 25.2 Å². The smallest absolute Gasteiger partial charge is 0.334 e. The van der Waals surface area contributed by atoms with Crippen molar-refractivity contribution in [3.05, 3.63) is 89.5 Å². The Balaban J connectivity index is 1.16. The maximum Gasteiger partial charge on any atom is 0.334 e. The monoisotopic (exact) mass is 700 g/mol. The Morgan fingerprint density at radius 1 is 0.843 bits per heavy atom. The molecule has 3 aromatic carbocycles. The van der Waals surface area contributed by atoms with Crippen molar-refractivity contribution in [2.45, 2.75) is 42.6 Å². The molecule has 3 fully saturated rings. The van der Waals surface area contributed by atoms with Gasteiger partial charge in [0.15, 0.2) is 17.6 Å². The molecule has 0 radical (unpaired) electrons. The van der Waals surface area contributed by atoms with Crippen molar-refractivity contribution in [1.82, 2.24) is 20.2 Å². The van der Waals surface area contributed by atoms with Crippen LogP contribution in [-0.4, -0.2) is 118 Å². The van der Waals surface area contributed by atoms with E-state index in [9.17, 15) is 19.5 Å². The Labute approximate surface area is 299 Å². The van der Waals surface area contributed by atoms with Crippen molar-refractivity contribution in [3.8, 4) is 17.2 Å². The number of aliphatic carboxylic acids is 1. The number of carboxylic acids is 1. The molecule has 12 heteroatoms. The largest absolute Gasteiger partial charge is 0.493 e. The van der Waals surface area contributed by atoms with Gasteiger partial charge in [0.25, 0.3) is 5.91 Å². The topological polar surface area (TPSA) is 130 Å². The number of carbonyl (C=O) groups excluding carboxylic acids is 2. The van der Waals surface area contributed by atoms with Gasteiger partial charge in [-0.2, -0.15) is 0 Å². The Morgan fingerprint density at radius 3 is 2.06 bits per heavy atom. The molecule has 0 aliphatic carbocycles. The van der Waals surface area contributed by atoms with E-state index in [1.54, 1.807) is 38.5 Å². The summed E-state index contributed by atoms with van der Waals surface area (Å²) in [6, 6.07) is 23.8. The summed E-state index contributed by atoms with van der Waals surface area (Å²) < 4.78 is 21.9. The lowest BCUT2D eigenvalue weighted by Gasteiger charge is -2.43. The van der Waals surface area contributed by atoms with Gasteiger partial charge in [0.1, 0.15) is 0 Å². The lowest BCUT2D eigenvalue weighted by Crippen LogP contribution is -2.59. The fourth-order valence-electron chi connectivity index (χ4n) is 7.89. The molecule has 272 valence electrons. The van der Waals surface area contributed by atoms with Crippen LogP contribution in [0.2, 0.25) is 0 Å². The first-order valence-electron chi connectivity index (χ1n) is 17.5. The lowest BCUT2D eigenvalue weighted by molar-refractivity contribution is -0.160. The van der Waals surface area contributed by atoms with Crippen molar-refractivity contribution in [3.63, 3.8) is 0 Å². The van der Waals surface area contributed by atoms with Crippen LogP contribution in [0.3, 0.4) is 0 Å². The minimum atomic E-state index is -1.04. The number of rotatable bonds is 12. The highest BCUT2D eigenvalue weighted by Gasteiger charge is 2.46. The van der Waals surface area contributed by atoms with Crippen LogP contribution in [0.5, 0.6) is 17.2 Å². The molecular weight excluding hydrogens is 652 g/mol. The molecule has 3 aromatic rings. The zero-order chi connectivity index (χ0) is 36.0. The van der Waals surface area contributed by atoms with Crippen LogP contribution >= 0.6 is 0 Å². The number of nitrogens with zero attached hydrogens (tertiary/aromatic N) is 3. The minimum absolute atomic E-state index is 0.0846. The van der Waals surface area contributed by atoms with Gasteiger partial charge in [-0.25, -0.2) is 9.80 Å². The molecule has 0 aromatic heterocycles. The molecule has 12 nitrogen and oxygen atoms in total. The zero-order valence-electron chi connectivity index (χ0n) is 29.6. The number of hydrogen-bond donors (Lipinski definition) is 2. The van der Waals surface area contributed by atoms with Gasteiger partial charge in [0.2, 0.25) is 11.7 Å². The number of hydrogen-bond acceptors (Lipinski definition) is 9. The molecule has 0 bridgehead atoms. The van der Waals surface area contributed by atoms with E-state index in [4.69, 9.17) is 18.9 Å². The summed E-state index contributed by atoms with van der Waals surface area (Å²) in [5.74, 6) is 0.0848. The number of piperidine rings is 1. The molecule has 0 saturated carbocycles. The van der Waals surface area contributed by atoms with Gasteiger partial charge < -0.3 is 33.9 Å².